The third kappa shape index (κ3) is 3.78. The molecule has 0 aliphatic carbocycles. The number of hydrogen-bond donors (Lipinski definition) is 0. The number of alkyl halides is 3. The van der Waals surface area contributed by atoms with Crippen LogP contribution in [0.25, 0.3) is 33.7 Å². The number of imidazole rings is 1. The van der Waals surface area contributed by atoms with Crippen molar-refractivity contribution in [2.45, 2.75) is 12.7 Å². The largest absolute Gasteiger partial charge is 0.433 e. The lowest BCUT2D eigenvalue weighted by Gasteiger charge is -2.11. The van der Waals surface area contributed by atoms with Crippen molar-refractivity contribution in [2.24, 2.45) is 0 Å². The summed E-state index contributed by atoms with van der Waals surface area (Å²) in [5, 5.41) is 0.426. The van der Waals surface area contributed by atoms with Crippen molar-refractivity contribution in [3.8, 4) is 22.8 Å². The fraction of sp³-hybridized carbons (Fsp3) is 0.0870. The Morgan fingerprint density at radius 2 is 1.69 bits per heavy atom. The summed E-state index contributed by atoms with van der Waals surface area (Å²) in [7, 11) is 0. The Balaban J connectivity index is 1.47. The maximum absolute atomic E-state index is 14.1. The van der Waals surface area contributed by atoms with Gasteiger partial charge >= 0.3 is 6.18 Å². The number of aromatic nitrogens is 4. The molecule has 0 radical (unpaired) electrons. The van der Waals surface area contributed by atoms with Crippen LogP contribution in [0.4, 0.5) is 17.6 Å². The Labute approximate surface area is 184 Å². The number of halogens is 5. The molecule has 1 aromatic heterocycles. The van der Waals surface area contributed by atoms with Crippen molar-refractivity contribution in [1.29, 1.82) is 0 Å². The highest BCUT2D eigenvalue weighted by Crippen LogP contribution is 2.33. The first-order valence-electron chi connectivity index (χ1n) is 9.53. The monoisotopic (exact) mass is 456 g/mol. The zero-order valence-corrected chi connectivity index (χ0v) is 17.0. The van der Waals surface area contributed by atoms with Gasteiger partial charge in [-0.25, -0.2) is 19.3 Å². The number of nitrogens with zero attached hydrogens (tertiary/aromatic N) is 4. The SMILES string of the molecule is Fc1ccccc1-c1nc2ccn(Cc3ccc4nc(C(F)(F)F)cc(Cl)c4c3)cc-2n1. The minimum absolute atomic E-state index is 0.0129. The molecule has 0 bridgehead atoms. The molecule has 0 atom stereocenters. The van der Waals surface area contributed by atoms with Gasteiger partial charge in [-0.1, -0.05) is 29.8 Å². The second kappa shape index (κ2) is 7.56. The van der Waals surface area contributed by atoms with E-state index in [2.05, 4.69) is 15.0 Å². The van der Waals surface area contributed by atoms with E-state index in [-0.39, 0.29) is 10.5 Å². The van der Waals surface area contributed by atoms with Crippen LogP contribution in [0.15, 0.2) is 67.0 Å². The Hall–Kier alpha value is -3.52. The van der Waals surface area contributed by atoms with Gasteiger partial charge in [-0.2, -0.15) is 13.2 Å². The number of pyridine rings is 2. The predicted octanol–water partition coefficient (Wildman–Crippen LogP) is 6.46. The molecule has 32 heavy (non-hydrogen) atoms. The zero-order valence-electron chi connectivity index (χ0n) is 16.2. The molecule has 0 spiro atoms. The van der Waals surface area contributed by atoms with Gasteiger partial charge in [0.2, 0.25) is 0 Å². The standard InChI is InChI=1S/C23H13ClF4N4/c24-16-10-21(23(26,27)28)29-18-6-5-13(9-15(16)18)11-32-8-7-19-20(12-32)31-22(30-19)14-3-1-2-4-17(14)25/h1-10,12H,11H2. The van der Waals surface area contributed by atoms with Gasteiger partial charge in [-0.05, 0) is 42.0 Å². The van der Waals surface area contributed by atoms with Crippen LogP contribution in [0, 0.1) is 5.82 Å². The third-order valence-corrected chi connectivity index (χ3v) is 5.33. The molecule has 2 aromatic carbocycles. The molecule has 0 saturated heterocycles. The van der Waals surface area contributed by atoms with E-state index in [1.54, 1.807) is 48.8 Å². The number of hydrogen-bond acceptors (Lipinski definition) is 3. The van der Waals surface area contributed by atoms with Crippen LogP contribution in [-0.2, 0) is 12.7 Å². The molecule has 3 heterocycles. The van der Waals surface area contributed by atoms with E-state index in [0.717, 1.165) is 11.6 Å². The highest BCUT2D eigenvalue weighted by atomic mass is 35.5. The van der Waals surface area contributed by atoms with Gasteiger partial charge < -0.3 is 4.57 Å². The van der Waals surface area contributed by atoms with Crippen molar-refractivity contribution in [1.82, 2.24) is 19.5 Å². The molecule has 160 valence electrons. The predicted molar refractivity (Wildman–Crippen MR) is 113 cm³/mol. The van der Waals surface area contributed by atoms with Crippen LogP contribution in [0.1, 0.15) is 11.3 Å². The van der Waals surface area contributed by atoms with Gasteiger partial charge in [-0.15, -0.1) is 0 Å². The summed E-state index contributed by atoms with van der Waals surface area (Å²) in [6.07, 6.45) is -0.980. The van der Waals surface area contributed by atoms with Crippen LogP contribution in [-0.4, -0.2) is 19.5 Å². The second-order valence-electron chi connectivity index (χ2n) is 7.25. The van der Waals surface area contributed by atoms with Crippen molar-refractivity contribution in [3.63, 3.8) is 0 Å². The zero-order chi connectivity index (χ0) is 22.5. The summed E-state index contributed by atoms with van der Waals surface area (Å²) in [6, 6.07) is 13.8. The molecule has 5 rings (SSSR count). The molecule has 3 aromatic rings. The summed E-state index contributed by atoms with van der Waals surface area (Å²) in [5.74, 6) is -0.0918. The van der Waals surface area contributed by atoms with Gasteiger partial charge in [-0.3, -0.25) is 0 Å². The Bertz CT molecular complexity index is 1430. The van der Waals surface area contributed by atoms with Gasteiger partial charge in [0.05, 0.1) is 21.8 Å². The lowest BCUT2D eigenvalue weighted by molar-refractivity contribution is -0.140. The first kappa shape index (κ1) is 20.4. The summed E-state index contributed by atoms with van der Waals surface area (Å²) in [6.45, 7) is 0.422. The lowest BCUT2D eigenvalue weighted by atomic mass is 10.1. The van der Waals surface area contributed by atoms with E-state index in [1.165, 1.54) is 12.1 Å². The average Bonchev–Trinajstić information content (AvgIpc) is 3.17. The second-order valence-corrected chi connectivity index (χ2v) is 7.66. The van der Waals surface area contributed by atoms with E-state index >= 15 is 0 Å². The first-order valence-corrected chi connectivity index (χ1v) is 9.90. The topological polar surface area (TPSA) is 43.6 Å². The summed E-state index contributed by atoms with van der Waals surface area (Å²) in [4.78, 5) is 12.5. The first-order chi connectivity index (χ1) is 15.3. The molecule has 0 fully saturated rings. The Morgan fingerprint density at radius 1 is 0.906 bits per heavy atom. The van der Waals surface area contributed by atoms with Crippen LogP contribution >= 0.6 is 11.6 Å². The van der Waals surface area contributed by atoms with Crippen molar-refractivity contribution < 1.29 is 17.6 Å². The van der Waals surface area contributed by atoms with E-state index < -0.39 is 17.7 Å². The molecular weight excluding hydrogens is 444 g/mol. The van der Waals surface area contributed by atoms with E-state index in [9.17, 15) is 17.6 Å². The number of rotatable bonds is 3. The maximum Gasteiger partial charge on any atom is 0.433 e. The maximum atomic E-state index is 14.1. The fourth-order valence-corrected chi connectivity index (χ4v) is 3.75. The number of fused-ring (bicyclic) bond motifs is 2. The molecule has 9 heteroatoms. The highest BCUT2D eigenvalue weighted by Gasteiger charge is 2.33. The summed E-state index contributed by atoms with van der Waals surface area (Å²) in [5.41, 5.74) is 1.52. The van der Waals surface area contributed by atoms with E-state index in [0.29, 0.717) is 34.7 Å². The van der Waals surface area contributed by atoms with E-state index in [4.69, 9.17) is 11.6 Å². The van der Waals surface area contributed by atoms with Crippen molar-refractivity contribution in [2.75, 3.05) is 0 Å². The van der Waals surface area contributed by atoms with Crippen LogP contribution in [0.5, 0.6) is 0 Å². The lowest BCUT2D eigenvalue weighted by Crippen LogP contribution is -2.08. The van der Waals surface area contributed by atoms with Crippen LogP contribution in [0.3, 0.4) is 0 Å². The summed E-state index contributed by atoms with van der Waals surface area (Å²) >= 11 is 6.10. The molecule has 2 aliphatic heterocycles. The van der Waals surface area contributed by atoms with Gasteiger partial charge in [0.15, 0.2) is 5.82 Å². The number of benzene rings is 2. The summed E-state index contributed by atoms with van der Waals surface area (Å²) < 4.78 is 54.8. The molecule has 4 nitrogen and oxygen atoms in total. The van der Waals surface area contributed by atoms with Crippen LogP contribution < -0.4 is 0 Å². The average molecular weight is 457 g/mol. The van der Waals surface area contributed by atoms with Crippen molar-refractivity contribution >= 4 is 22.5 Å². The smallest absolute Gasteiger partial charge is 0.348 e. The Morgan fingerprint density at radius 3 is 2.47 bits per heavy atom. The third-order valence-electron chi connectivity index (χ3n) is 5.02. The molecular formula is C23H13ClF4N4. The molecule has 0 N–H and O–H groups in total. The Kier molecular flexibility index (Phi) is 4.82. The van der Waals surface area contributed by atoms with Crippen LogP contribution in [0.2, 0.25) is 5.02 Å². The van der Waals surface area contributed by atoms with Gasteiger partial charge in [0.25, 0.3) is 0 Å². The highest BCUT2D eigenvalue weighted by molar-refractivity contribution is 6.35. The molecule has 0 amide bonds. The van der Waals surface area contributed by atoms with Gasteiger partial charge in [0.1, 0.15) is 17.2 Å². The van der Waals surface area contributed by atoms with Crippen molar-refractivity contribution in [3.05, 3.63) is 89.1 Å². The fourth-order valence-electron chi connectivity index (χ4n) is 3.50. The van der Waals surface area contributed by atoms with Gasteiger partial charge in [0, 0.05) is 24.3 Å². The minimum Gasteiger partial charge on any atom is -0.348 e. The minimum atomic E-state index is -4.57. The molecule has 0 saturated carbocycles. The normalized spacial score (nSPS) is 12.0. The molecule has 0 unspecified atom stereocenters. The van der Waals surface area contributed by atoms with E-state index in [1.807, 2.05) is 4.57 Å². The molecule has 2 aliphatic rings. The quantitative estimate of drug-likeness (QED) is 0.293.